The van der Waals surface area contributed by atoms with Crippen molar-refractivity contribution in [3.8, 4) is 5.75 Å². The van der Waals surface area contributed by atoms with E-state index in [1.807, 2.05) is 25.2 Å². The molecule has 0 saturated carbocycles. The molecular formula is C18H19NOS. The number of thiophene rings is 1. The third-order valence-corrected chi connectivity index (χ3v) is 4.61. The summed E-state index contributed by atoms with van der Waals surface area (Å²) >= 11 is 1.69. The number of nitrogens with one attached hydrogen (secondary N) is 1. The van der Waals surface area contributed by atoms with Crippen LogP contribution in [0.1, 0.15) is 18.9 Å². The van der Waals surface area contributed by atoms with Gasteiger partial charge < -0.3 is 4.74 Å². The van der Waals surface area contributed by atoms with Crippen LogP contribution in [0, 0.1) is 0 Å². The lowest BCUT2D eigenvalue weighted by Crippen LogP contribution is -2.44. The summed E-state index contributed by atoms with van der Waals surface area (Å²) in [6, 6.07) is 16.6. The van der Waals surface area contributed by atoms with Crippen molar-refractivity contribution in [2.75, 3.05) is 7.05 Å². The van der Waals surface area contributed by atoms with Gasteiger partial charge in [0.25, 0.3) is 0 Å². The maximum atomic E-state index is 6.45. The van der Waals surface area contributed by atoms with Crippen LogP contribution in [-0.2, 0) is 5.72 Å². The van der Waals surface area contributed by atoms with E-state index in [-0.39, 0.29) is 0 Å². The lowest BCUT2D eigenvalue weighted by molar-refractivity contribution is 0.0347. The molecule has 3 rings (SSSR count). The Kier molecular flexibility index (Phi) is 3.95. The van der Waals surface area contributed by atoms with Crippen LogP contribution in [0.15, 0.2) is 59.3 Å². The number of ether oxygens (including phenoxy) is 1. The van der Waals surface area contributed by atoms with E-state index < -0.39 is 5.72 Å². The van der Waals surface area contributed by atoms with E-state index in [4.69, 9.17) is 4.74 Å². The van der Waals surface area contributed by atoms with E-state index in [2.05, 4.69) is 53.3 Å². The molecule has 0 fully saturated rings. The molecule has 0 aliphatic heterocycles. The molecule has 108 valence electrons. The highest BCUT2D eigenvalue weighted by molar-refractivity contribution is 7.08. The maximum Gasteiger partial charge on any atom is 0.187 e. The zero-order chi connectivity index (χ0) is 14.7. The Hall–Kier alpha value is -1.84. The summed E-state index contributed by atoms with van der Waals surface area (Å²) in [5, 5.41) is 9.93. The normalized spacial score (nSPS) is 14.0. The van der Waals surface area contributed by atoms with Gasteiger partial charge in [-0.1, -0.05) is 43.3 Å². The fraction of sp³-hybridized carbons (Fsp3) is 0.222. The second-order valence-electron chi connectivity index (χ2n) is 5.02. The molecule has 3 heteroatoms. The summed E-state index contributed by atoms with van der Waals surface area (Å²) < 4.78 is 6.45. The summed E-state index contributed by atoms with van der Waals surface area (Å²) in [5.74, 6) is 0.913. The summed E-state index contributed by atoms with van der Waals surface area (Å²) in [5.41, 5.74) is 0.690. The number of benzene rings is 2. The SMILES string of the molecule is CC[C@](NC)(Oc1cccc2ccccc12)c1ccsc1. The molecule has 0 amide bonds. The van der Waals surface area contributed by atoms with Crippen LogP contribution in [0.5, 0.6) is 5.75 Å². The highest BCUT2D eigenvalue weighted by Gasteiger charge is 2.31. The Morgan fingerprint density at radius 1 is 1.10 bits per heavy atom. The molecule has 2 aromatic carbocycles. The van der Waals surface area contributed by atoms with Gasteiger partial charge in [0.2, 0.25) is 0 Å². The second kappa shape index (κ2) is 5.88. The van der Waals surface area contributed by atoms with Gasteiger partial charge in [0.1, 0.15) is 5.75 Å². The predicted molar refractivity (Wildman–Crippen MR) is 89.9 cm³/mol. The van der Waals surface area contributed by atoms with Crippen LogP contribution in [0.25, 0.3) is 10.8 Å². The third-order valence-electron chi connectivity index (χ3n) is 3.92. The van der Waals surface area contributed by atoms with E-state index in [1.54, 1.807) is 11.3 Å². The van der Waals surface area contributed by atoms with Crippen LogP contribution in [0.4, 0.5) is 0 Å². The van der Waals surface area contributed by atoms with Crippen molar-refractivity contribution in [1.82, 2.24) is 5.32 Å². The molecule has 0 radical (unpaired) electrons. The molecule has 0 saturated heterocycles. The van der Waals surface area contributed by atoms with Crippen molar-refractivity contribution in [2.45, 2.75) is 19.1 Å². The van der Waals surface area contributed by atoms with Gasteiger partial charge in [-0.25, -0.2) is 0 Å². The van der Waals surface area contributed by atoms with Crippen molar-refractivity contribution in [3.63, 3.8) is 0 Å². The Morgan fingerprint density at radius 2 is 1.90 bits per heavy atom. The van der Waals surface area contributed by atoms with Crippen LogP contribution in [0.2, 0.25) is 0 Å². The van der Waals surface area contributed by atoms with Crippen LogP contribution >= 0.6 is 11.3 Å². The van der Waals surface area contributed by atoms with Crippen molar-refractivity contribution < 1.29 is 4.74 Å². The zero-order valence-electron chi connectivity index (χ0n) is 12.3. The summed E-state index contributed by atoms with van der Waals surface area (Å²) in [4.78, 5) is 0. The van der Waals surface area contributed by atoms with Crippen molar-refractivity contribution in [1.29, 1.82) is 0 Å². The Bertz CT molecular complexity index is 712. The van der Waals surface area contributed by atoms with Gasteiger partial charge in [-0.15, -0.1) is 0 Å². The van der Waals surface area contributed by atoms with Gasteiger partial charge in [-0.3, -0.25) is 5.32 Å². The molecule has 0 unspecified atom stereocenters. The van der Waals surface area contributed by atoms with E-state index in [1.165, 1.54) is 10.9 Å². The molecule has 2 nitrogen and oxygen atoms in total. The fourth-order valence-corrected chi connectivity index (χ4v) is 3.39. The Morgan fingerprint density at radius 3 is 2.62 bits per heavy atom. The number of fused-ring (bicyclic) bond motifs is 1. The van der Waals surface area contributed by atoms with E-state index in [0.29, 0.717) is 0 Å². The molecule has 3 aromatic rings. The fourth-order valence-electron chi connectivity index (χ4n) is 2.67. The monoisotopic (exact) mass is 297 g/mol. The molecule has 0 spiro atoms. The minimum Gasteiger partial charge on any atom is -0.468 e. The molecule has 0 aliphatic carbocycles. The topological polar surface area (TPSA) is 21.3 Å². The zero-order valence-corrected chi connectivity index (χ0v) is 13.1. The smallest absolute Gasteiger partial charge is 0.187 e. The minimum atomic E-state index is -0.482. The van der Waals surface area contributed by atoms with E-state index in [0.717, 1.165) is 17.6 Å². The largest absolute Gasteiger partial charge is 0.468 e. The Balaban J connectivity index is 2.07. The highest BCUT2D eigenvalue weighted by atomic mass is 32.1. The van der Waals surface area contributed by atoms with Gasteiger partial charge in [0.05, 0.1) is 0 Å². The van der Waals surface area contributed by atoms with Gasteiger partial charge in [0, 0.05) is 17.4 Å². The second-order valence-corrected chi connectivity index (χ2v) is 5.80. The molecule has 1 heterocycles. The first-order valence-corrected chi connectivity index (χ1v) is 8.12. The van der Waals surface area contributed by atoms with Crippen molar-refractivity contribution >= 4 is 22.1 Å². The van der Waals surface area contributed by atoms with Gasteiger partial charge in [0.15, 0.2) is 5.72 Å². The summed E-state index contributed by atoms with van der Waals surface area (Å²) in [7, 11) is 1.95. The first-order chi connectivity index (χ1) is 10.3. The number of rotatable bonds is 5. The molecule has 1 N–H and O–H groups in total. The Labute approximate surface area is 129 Å². The van der Waals surface area contributed by atoms with Crippen molar-refractivity contribution in [3.05, 3.63) is 64.9 Å². The molecule has 1 aromatic heterocycles. The first kappa shape index (κ1) is 14.1. The summed E-state index contributed by atoms with van der Waals surface area (Å²) in [6.07, 6.45) is 0.851. The molecule has 21 heavy (non-hydrogen) atoms. The van der Waals surface area contributed by atoms with Gasteiger partial charge in [-0.2, -0.15) is 11.3 Å². The third kappa shape index (κ3) is 2.55. The highest BCUT2D eigenvalue weighted by Crippen LogP contribution is 2.34. The number of hydrogen-bond donors (Lipinski definition) is 1. The maximum absolute atomic E-state index is 6.45. The molecular weight excluding hydrogens is 278 g/mol. The lowest BCUT2D eigenvalue weighted by atomic mass is 10.0. The van der Waals surface area contributed by atoms with Crippen LogP contribution in [0.3, 0.4) is 0 Å². The lowest BCUT2D eigenvalue weighted by Gasteiger charge is -2.33. The van der Waals surface area contributed by atoms with Gasteiger partial charge >= 0.3 is 0 Å². The van der Waals surface area contributed by atoms with E-state index in [9.17, 15) is 0 Å². The standard InChI is InChI=1S/C18H19NOS/c1-3-18(19-2,15-11-12-21-13-15)20-17-10-6-8-14-7-4-5-9-16(14)17/h4-13,19H,3H2,1-2H3/t18-/m0/s1. The molecule has 0 bridgehead atoms. The average molecular weight is 297 g/mol. The predicted octanol–water partition coefficient (Wildman–Crippen LogP) is 4.76. The van der Waals surface area contributed by atoms with E-state index >= 15 is 0 Å². The minimum absolute atomic E-state index is 0.482. The first-order valence-electron chi connectivity index (χ1n) is 7.17. The van der Waals surface area contributed by atoms with Gasteiger partial charge in [-0.05, 0) is 35.3 Å². The van der Waals surface area contributed by atoms with Crippen LogP contribution < -0.4 is 10.1 Å². The van der Waals surface area contributed by atoms with Crippen LogP contribution in [-0.4, -0.2) is 7.05 Å². The molecule has 0 aliphatic rings. The van der Waals surface area contributed by atoms with Crippen molar-refractivity contribution in [2.24, 2.45) is 0 Å². The molecule has 1 atom stereocenters. The average Bonchev–Trinajstić information content (AvgIpc) is 3.08. The quantitative estimate of drug-likeness (QED) is 0.685. The summed E-state index contributed by atoms with van der Waals surface area (Å²) in [6.45, 7) is 2.14. The number of hydrogen-bond acceptors (Lipinski definition) is 3.